The molecule has 0 fully saturated rings. The molecule has 0 bridgehead atoms. The Morgan fingerprint density at radius 1 is 1.20 bits per heavy atom. The largest absolute Gasteiger partial charge is 0.451 e. The van der Waals surface area contributed by atoms with E-state index < -0.39 is 0 Å². The van der Waals surface area contributed by atoms with Crippen LogP contribution in [-0.4, -0.2) is 53.8 Å². The van der Waals surface area contributed by atoms with Crippen LogP contribution in [0.4, 0.5) is 0 Å². The smallest absolute Gasteiger partial charge is 0.289 e. The summed E-state index contributed by atoms with van der Waals surface area (Å²) in [7, 11) is 3.40. The molecule has 3 aromatic rings. The van der Waals surface area contributed by atoms with E-state index in [2.05, 4.69) is 11.1 Å². The fourth-order valence-corrected chi connectivity index (χ4v) is 3.69. The van der Waals surface area contributed by atoms with E-state index in [1.165, 1.54) is 4.90 Å². The van der Waals surface area contributed by atoms with Crippen LogP contribution in [0.5, 0.6) is 0 Å². The molecule has 6 heteroatoms. The van der Waals surface area contributed by atoms with Crippen molar-refractivity contribution in [2.45, 2.75) is 19.3 Å². The zero-order valence-corrected chi connectivity index (χ0v) is 17.3. The molecule has 0 unspecified atom stereocenters. The van der Waals surface area contributed by atoms with E-state index in [4.69, 9.17) is 4.42 Å². The van der Waals surface area contributed by atoms with Gasteiger partial charge in [0.25, 0.3) is 5.91 Å². The maximum Gasteiger partial charge on any atom is 0.289 e. The Kier molecular flexibility index (Phi) is 5.65. The summed E-state index contributed by atoms with van der Waals surface area (Å²) in [6.07, 6.45) is 7.76. The zero-order valence-electron chi connectivity index (χ0n) is 17.3. The molecule has 2 amide bonds. The van der Waals surface area contributed by atoms with Crippen LogP contribution in [0.15, 0.2) is 59.3 Å². The molecule has 2 aromatic heterocycles. The number of pyridine rings is 1. The number of nitrogens with zero attached hydrogens (tertiary/aromatic N) is 3. The Morgan fingerprint density at radius 2 is 2.07 bits per heavy atom. The van der Waals surface area contributed by atoms with Crippen molar-refractivity contribution in [3.8, 4) is 0 Å². The maximum absolute atomic E-state index is 12.7. The number of rotatable bonds is 5. The van der Waals surface area contributed by atoms with Crippen molar-refractivity contribution in [3.63, 3.8) is 0 Å². The van der Waals surface area contributed by atoms with Gasteiger partial charge in [0, 0.05) is 51.4 Å². The van der Waals surface area contributed by atoms with Gasteiger partial charge in [-0.2, -0.15) is 0 Å². The molecule has 0 atom stereocenters. The van der Waals surface area contributed by atoms with E-state index in [0.717, 1.165) is 35.1 Å². The van der Waals surface area contributed by atoms with Gasteiger partial charge in [0.1, 0.15) is 5.58 Å². The van der Waals surface area contributed by atoms with Crippen molar-refractivity contribution in [1.29, 1.82) is 0 Å². The monoisotopic (exact) mass is 403 g/mol. The van der Waals surface area contributed by atoms with Gasteiger partial charge in [-0.3, -0.25) is 14.6 Å². The van der Waals surface area contributed by atoms with Crippen LogP contribution >= 0.6 is 0 Å². The Labute approximate surface area is 175 Å². The third-order valence-corrected chi connectivity index (χ3v) is 5.36. The summed E-state index contributed by atoms with van der Waals surface area (Å²) < 4.78 is 5.69. The van der Waals surface area contributed by atoms with Crippen molar-refractivity contribution in [3.05, 3.63) is 71.8 Å². The first-order valence-electron chi connectivity index (χ1n) is 10.1. The number of furan rings is 1. The Bertz CT molecular complexity index is 1100. The topological polar surface area (TPSA) is 66.7 Å². The van der Waals surface area contributed by atoms with Gasteiger partial charge in [0.15, 0.2) is 5.76 Å². The summed E-state index contributed by atoms with van der Waals surface area (Å²) in [4.78, 5) is 32.4. The molecule has 3 heterocycles. The van der Waals surface area contributed by atoms with Crippen LogP contribution in [0.3, 0.4) is 0 Å². The maximum atomic E-state index is 12.7. The Balaban J connectivity index is 1.46. The van der Waals surface area contributed by atoms with E-state index in [1.807, 2.05) is 41.4 Å². The molecular formula is C24H25N3O3. The number of fused-ring (bicyclic) bond motifs is 1. The summed E-state index contributed by atoms with van der Waals surface area (Å²) >= 11 is 0. The summed E-state index contributed by atoms with van der Waals surface area (Å²) in [6, 6.07) is 11.6. The van der Waals surface area contributed by atoms with Crippen LogP contribution in [-0.2, 0) is 11.2 Å². The molecule has 0 saturated carbocycles. The van der Waals surface area contributed by atoms with Gasteiger partial charge >= 0.3 is 0 Å². The van der Waals surface area contributed by atoms with Gasteiger partial charge in [0.05, 0.1) is 0 Å². The summed E-state index contributed by atoms with van der Waals surface area (Å²) in [5, 5.41) is 0.888. The van der Waals surface area contributed by atoms with Crippen molar-refractivity contribution < 1.29 is 14.0 Å². The molecule has 0 saturated heterocycles. The van der Waals surface area contributed by atoms with Crippen LogP contribution < -0.4 is 0 Å². The predicted molar refractivity (Wildman–Crippen MR) is 116 cm³/mol. The molecule has 154 valence electrons. The van der Waals surface area contributed by atoms with Gasteiger partial charge in [-0.25, -0.2) is 0 Å². The first kappa shape index (κ1) is 19.9. The molecule has 1 aliphatic heterocycles. The van der Waals surface area contributed by atoms with Crippen LogP contribution in [0.1, 0.15) is 34.5 Å². The van der Waals surface area contributed by atoms with Crippen LogP contribution in [0.25, 0.3) is 16.5 Å². The second kappa shape index (κ2) is 8.53. The average molecular weight is 403 g/mol. The third-order valence-electron chi connectivity index (χ3n) is 5.36. The Hall–Kier alpha value is -3.41. The lowest BCUT2D eigenvalue weighted by Crippen LogP contribution is -2.35. The van der Waals surface area contributed by atoms with Gasteiger partial charge in [-0.1, -0.05) is 18.2 Å². The van der Waals surface area contributed by atoms with E-state index in [9.17, 15) is 9.59 Å². The lowest BCUT2D eigenvalue weighted by atomic mass is 9.99. The number of aromatic nitrogens is 1. The normalized spacial score (nSPS) is 13.9. The van der Waals surface area contributed by atoms with E-state index in [0.29, 0.717) is 30.7 Å². The van der Waals surface area contributed by atoms with Gasteiger partial charge in [-0.15, -0.1) is 0 Å². The standard InChI is InChI=1S/C24H25N3O3/c1-26(2)24(29)22-14-20-13-18(8-9-21(20)30-22)19-6-4-12-27(16-19)23(28)10-7-17-5-3-11-25-15-17/h3,5-6,8-9,11,13-15H,4,7,10,12,16H2,1-2H3. The molecular weight excluding hydrogens is 378 g/mol. The summed E-state index contributed by atoms with van der Waals surface area (Å²) in [5.41, 5.74) is 3.94. The average Bonchev–Trinajstić information content (AvgIpc) is 3.21. The number of hydrogen-bond donors (Lipinski definition) is 0. The molecule has 1 aromatic carbocycles. The highest BCUT2D eigenvalue weighted by molar-refractivity contribution is 5.96. The first-order valence-corrected chi connectivity index (χ1v) is 10.1. The Morgan fingerprint density at radius 3 is 2.83 bits per heavy atom. The van der Waals surface area contributed by atoms with Crippen LogP contribution in [0.2, 0.25) is 0 Å². The number of amides is 2. The third kappa shape index (κ3) is 4.27. The molecule has 30 heavy (non-hydrogen) atoms. The van der Waals surface area contributed by atoms with Crippen LogP contribution in [0, 0.1) is 0 Å². The molecule has 0 aliphatic carbocycles. The van der Waals surface area contributed by atoms with E-state index in [-0.39, 0.29) is 11.8 Å². The molecule has 0 N–H and O–H groups in total. The van der Waals surface area contributed by atoms with Gasteiger partial charge in [0.2, 0.25) is 5.91 Å². The first-order chi connectivity index (χ1) is 14.5. The van der Waals surface area contributed by atoms with Crippen molar-refractivity contribution in [1.82, 2.24) is 14.8 Å². The van der Waals surface area contributed by atoms with E-state index in [1.54, 1.807) is 26.4 Å². The van der Waals surface area contributed by atoms with Crippen molar-refractivity contribution >= 4 is 28.4 Å². The van der Waals surface area contributed by atoms with Gasteiger partial charge in [-0.05, 0) is 53.8 Å². The lowest BCUT2D eigenvalue weighted by Gasteiger charge is -2.28. The molecule has 0 spiro atoms. The zero-order chi connectivity index (χ0) is 21.1. The van der Waals surface area contributed by atoms with Crippen molar-refractivity contribution in [2.24, 2.45) is 0 Å². The fourth-order valence-electron chi connectivity index (χ4n) is 3.69. The molecule has 6 nitrogen and oxygen atoms in total. The molecule has 0 radical (unpaired) electrons. The number of carbonyl (C=O) groups excluding carboxylic acids is 2. The molecule has 4 rings (SSSR count). The molecule has 1 aliphatic rings. The highest BCUT2D eigenvalue weighted by Gasteiger charge is 2.20. The SMILES string of the molecule is CN(C)C(=O)c1cc2cc(C3=CCCN(C(=O)CCc4cccnc4)C3)ccc2o1. The number of hydrogen-bond acceptors (Lipinski definition) is 4. The van der Waals surface area contributed by atoms with E-state index >= 15 is 0 Å². The number of carbonyl (C=O) groups is 2. The summed E-state index contributed by atoms with van der Waals surface area (Å²) in [6.45, 7) is 1.34. The second-order valence-electron chi connectivity index (χ2n) is 7.76. The lowest BCUT2D eigenvalue weighted by molar-refractivity contribution is -0.130. The minimum atomic E-state index is -0.157. The van der Waals surface area contributed by atoms with Gasteiger partial charge < -0.3 is 14.2 Å². The highest BCUT2D eigenvalue weighted by atomic mass is 16.3. The minimum absolute atomic E-state index is 0.157. The predicted octanol–water partition coefficient (Wildman–Crippen LogP) is 3.78. The fraction of sp³-hybridized carbons (Fsp3) is 0.292. The number of benzene rings is 1. The van der Waals surface area contributed by atoms with Crippen molar-refractivity contribution in [2.75, 3.05) is 27.2 Å². The highest BCUT2D eigenvalue weighted by Crippen LogP contribution is 2.27. The minimum Gasteiger partial charge on any atom is -0.451 e. The second-order valence-corrected chi connectivity index (χ2v) is 7.76. The summed E-state index contributed by atoms with van der Waals surface area (Å²) in [5.74, 6) is 0.333. The number of aryl methyl sites for hydroxylation is 1. The quantitative estimate of drug-likeness (QED) is 0.650.